The van der Waals surface area contributed by atoms with Gasteiger partial charge in [-0.3, -0.25) is 0 Å². The fourth-order valence-electron chi connectivity index (χ4n) is 14.5. The molecule has 0 spiro atoms. The second kappa shape index (κ2) is 27.1. The normalized spacial score (nSPS) is 11.3. The van der Waals surface area contributed by atoms with Crippen molar-refractivity contribution in [1.82, 2.24) is 33.6 Å². The topological polar surface area (TPSA) is 79.5 Å². The van der Waals surface area contributed by atoms with E-state index < -0.39 is 0 Å². The molecule has 14 aromatic carbocycles. The van der Waals surface area contributed by atoms with E-state index in [1.807, 2.05) is 109 Å². The van der Waals surface area contributed by atoms with Crippen LogP contribution in [-0.4, -0.2) is 33.6 Å². The number of hydrogen-bond donors (Lipinski definition) is 0. The van der Waals surface area contributed by atoms with Crippen LogP contribution in [-0.2, 0) is 20.1 Å². The zero-order chi connectivity index (χ0) is 67.2. The average molecular weight is 1490 g/mol. The molecule has 0 unspecified atom stereocenters. The molecule has 0 aliphatic heterocycles. The van der Waals surface area contributed by atoms with Crippen LogP contribution >= 0.6 is 0 Å². The van der Waals surface area contributed by atoms with Crippen LogP contribution in [0.1, 0.15) is 5.56 Å². The molecule has 0 aliphatic carbocycles. The minimum atomic E-state index is 0. The van der Waals surface area contributed by atoms with Crippen LogP contribution < -0.4 is 0 Å². The first-order chi connectivity index (χ1) is 50.0. The zero-order valence-electron chi connectivity index (χ0n) is 55.4. The first kappa shape index (κ1) is 62.6. The van der Waals surface area contributed by atoms with Gasteiger partial charge in [0.25, 0.3) is 0 Å². The van der Waals surface area contributed by atoms with Gasteiger partial charge in [-0.1, -0.05) is 218 Å². The van der Waals surface area contributed by atoms with E-state index in [9.17, 15) is 0 Å². The van der Waals surface area contributed by atoms with Crippen LogP contribution in [0, 0.1) is 13.0 Å². The van der Waals surface area contributed by atoms with E-state index in [0.717, 1.165) is 66.7 Å². The molecule has 0 aliphatic rings. The van der Waals surface area contributed by atoms with Gasteiger partial charge in [-0.2, -0.15) is 0 Å². The molecule has 0 N–H and O–H groups in total. The first-order valence-corrected chi connectivity index (χ1v) is 34.0. The van der Waals surface area contributed by atoms with Gasteiger partial charge in [0.05, 0.1) is 33.1 Å². The molecule has 8 nitrogen and oxygen atoms in total. The Morgan fingerprint density at radius 1 is 0.294 bits per heavy atom. The third-order valence-corrected chi connectivity index (χ3v) is 19.1. The van der Waals surface area contributed by atoms with Gasteiger partial charge in [-0.25, -0.2) is 15.0 Å². The van der Waals surface area contributed by atoms with Crippen LogP contribution in [0.3, 0.4) is 0 Å². The van der Waals surface area contributed by atoms with Gasteiger partial charge in [-0.15, -0.1) is 35.9 Å². The molecule has 1 radical (unpaired) electrons. The molecule has 0 amide bonds. The van der Waals surface area contributed by atoms with E-state index in [4.69, 9.17) is 19.4 Å². The summed E-state index contributed by atoms with van der Waals surface area (Å²) in [6, 6.07) is 126. The standard InChI is InChI=1S/C45H28N4O.C36H24N2.C12H10N.Ir/c1-4-13-29(14-5-1)43-46-44(30-15-6-2-7-16-30)48-45(47-43)35-20-12-22-41-42(35)37-28-32(24-26-40(37)50-41)31-23-25-39-36(27-31)34-19-10-11-21-38(34)49(39)33-17-8-3-9-18-33;1-3-11-27(12-4-1)37-33-17-9-7-15-29(33)31-23-25(19-21-35(31)37)26-20-22-36-32(24-26)30-16-8-10-18-34(30)38(36)28-13-5-2-6-14-28;1-10-6-5-9-13-12(10)11-7-3-2-4-8-11;/h1-28H;1-24H;2-7,9H,1H3;/q;;-1;. The number of fused-ring (bicyclic) bond motifs is 12. The number of furan rings is 1. The maximum absolute atomic E-state index is 6.44. The second-order valence-electron chi connectivity index (χ2n) is 25.2. The van der Waals surface area contributed by atoms with Crippen molar-refractivity contribution in [2.24, 2.45) is 0 Å². The molecule has 20 rings (SSSR count). The van der Waals surface area contributed by atoms with Crippen molar-refractivity contribution in [3.05, 3.63) is 370 Å². The fourth-order valence-corrected chi connectivity index (χ4v) is 14.5. The number of aromatic nitrogens is 7. The van der Waals surface area contributed by atoms with E-state index in [1.54, 1.807) is 0 Å². The largest absolute Gasteiger partial charge is 0.456 e. The molecule has 0 atom stereocenters. The molecule has 20 aromatic rings. The molecular weight excluding hydrogens is 1420 g/mol. The third-order valence-electron chi connectivity index (χ3n) is 19.1. The maximum Gasteiger partial charge on any atom is 0.164 e. The number of aryl methyl sites for hydroxylation is 1. The van der Waals surface area contributed by atoms with Gasteiger partial charge in [0.15, 0.2) is 17.5 Å². The Hall–Kier alpha value is -12.9. The maximum atomic E-state index is 6.44. The van der Waals surface area contributed by atoms with Crippen molar-refractivity contribution >= 4 is 87.4 Å². The van der Waals surface area contributed by atoms with E-state index in [0.29, 0.717) is 17.5 Å². The van der Waals surface area contributed by atoms with Crippen LogP contribution in [0.15, 0.2) is 362 Å². The van der Waals surface area contributed by atoms with Gasteiger partial charge in [0, 0.05) is 103 Å². The summed E-state index contributed by atoms with van der Waals surface area (Å²) in [5.41, 5.74) is 23.1. The predicted molar refractivity (Wildman–Crippen MR) is 417 cm³/mol. The third kappa shape index (κ3) is 11.5. The average Bonchev–Trinajstić information content (AvgIpc) is 1.59. The minimum Gasteiger partial charge on any atom is -0.456 e. The summed E-state index contributed by atoms with van der Waals surface area (Å²) in [5, 5.41) is 9.53. The fraction of sp³-hybridized carbons (Fsp3) is 0.0108. The second-order valence-corrected chi connectivity index (χ2v) is 25.2. The minimum absolute atomic E-state index is 0. The monoisotopic (exact) mass is 1490 g/mol. The van der Waals surface area contributed by atoms with E-state index in [-0.39, 0.29) is 20.1 Å². The Labute approximate surface area is 602 Å². The number of rotatable bonds is 9. The quantitative estimate of drug-likeness (QED) is 0.135. The van der Waals surface area contributed by atoms with Crippen LogP contribution in [0.25, 0.3) is 172 Å². The Balaban J connectivity index is 0.000000131. The molecule has 6 aromatic heterocycles. The molecule has 0 saturated carbocycles. The molecule has 6 heterocycles. The summed E-state index contributed by atoms with van der Waals surface area (Å²) in [7, 11) is 0. The summed E-state index contributed by atoms with van der Waals surface area (Å²) in [5.74, 6) is 1.86. The molecule has 0 bridgehead atoms. The molecule has 0 fully saturated rings. The van der Waals surface area contributed by atoms with Crippen molar-refractivity contribution in [3.63, 3.8) is 0 Å². The Bertz CT molecular complexity index is 6240. The van der Waals surface area contributed by atoms with Gasteiger partial charge >= 0.3 is 0 Å². The number of hydrogen-bond acceptors (Lipinski definition) is 5. The molecule has 9 heteroatoms. The van der Waals surface area contributed by atoms with Crippen molar-refractivity contribution in [2.45, 2.75) is 6.92 Å². The molecule has 485 valence electrons. The Morgan fingerprint density at radius 2 is 0.686 bits per heavy atom. The SMILES string of the molecule is Cc1cccnc1-c1[c-]cccc1.[Ir].c1ccc(-c2nc(-c3ccccc3)nc(-c3cccc4oc5ccc(-c6ccc7c(c6)c6ccccc6n7-c6ccccc6)cc5c34)n2)cc1.c1ccc(-n2c3ccccc3c3cc(-c4ccc5c(c4)c4ccccc4n5-c4ccccc4)ccc32)cc1. The van der Waals surface area contributed by atoms with Crippen molar-refractivity contribution in [3.8, 4) is 84.7 Å². The van der Waals surface area contributed by atoms with Crippen molar-refractivity contribution < 1.29 is 24.5 Å². The summed E-state index contributed by atoms with van der Waals surface area (Å²) in [4.78, 5) is 19.3. The summed E-state index contributed by atoms with van der Waals surface area (Å²) < 4.78 is 13.5. The van der Waals surface area contributed by atoms with E-state index in [2.05, 4.69) is 280 Å². The summed E-state index contributed by atoms with van der Waals surface area (Å²) in [6.07, 6.45) is 1.81. The number of benzene rings is 14. The number of para-hydroxylation sites is 6. The molecular formula is C93H62IrN7O-. The smallest absolute Gasteiger partial charge is 0.164 e. The van der Waals surface area contributed by atoms with Crippen LogP contribution in [0.5, 0.6) is 0 Å². The Kier molecular flexibility index (Phi) is 16.6. The predicted octanol–water partition coefficient (Wildman–Crippen LogP) is 23.9. The van der Waals surface area contributed by atoms with Gasteiger partial charge < -0.3 is 23.1 Å². The van der Waals surface area contributed by atoms with Crippen LogP contribution in [0.4, 0.5) is 0 Å². The number of pyridine rings is 1. The van der Waals surface area contributed by atoms with Gasteiger partial charge in [0.1, 0.15) is 11.2 Å². The van der Waals surface area contributed by atoms with Crippen molar-refractivity contribution in [1.29, 1.82) is 0 Å². The van der Waals surface area contributed by atoms with Gasteiger partial charge in [0.2, 0.25) is 0 Å². The van der Waals surface area contributed by atoms with Crippen molar-refractivity contribution in [2.75, 3.05) is 0 Å². The molecule has 102 heavy (non-hydrogen) atoms. The summed E-state index contributed by atoms with van der Waals surface area (Å²) >= 11 is 0. The van der Waals surface area contributed by atoms with E-state index in [1.165, 1.54) is 93.5 Å². The molecule has 0 saturated heterocycles. The first-order valence-electron chi connectivity index (χ1n) is 34.0. The van der Waals surface area contributed by atoms with E-state index >= 15 is 0 Å². The van der Waals surface area contributed by atoms with Gasteiger partial charge in [-0.05, 0) is 150 Å². The number of nitrogens with zero attached hydrogens (tertiary/aromatic N) is 7. The zero-order valence-corrected chi connectivity index (χ0v) is 57.8. The summed E-state index contributed by atoms with van der Waals surface area (Å²) in [6.45, 7) is 2.06. The Morgan fingerprint density at radius 3 is 1.13 bits per heavy atom. The van der Waals surface area contributed by atoms with Crippen LogP contribution in [0.2, 0.25) is 0 Å².